The van der Waals surface area contributed by atoms with Crippen LogP contribution in [0, 0.1) is 23.2 Å². The van der Waals surface area contributed by atoms with E-state index < -0.39 is 0 Å². The molecule has 1 aliphatic rings. The molecule has 0 saturated heterocycles. The van der Waals surface area contributed by atoms with Crippen LogP contribution in [-0.2, 0) is 4.79 Å². The molecule has 1 aliphatic carbocycles. The summed E-state index contributed by atoms with van der Waals surface area (Å²) < 4.78 is 0. The predicted molar refractivity (Wildman–Crippen MR) is 58.8 cm³/mol. The number of rotatable bonds is 3. The average Bonchev–Trinajstić information content (AvgIpc) is 2.18. The average molecular weight is 192 g/mol. The zero-order chi connectivity index (χ0) is 10.7. The zero-order valence-corrected chi connectivity index (χ0v) is 9.31. The fourth-order valence-corrected chi connectivity index (χ4v) is 2.17. The maximum Gasteiger partial charge on any atom is 0.126 e. The van der Waals surface area contributed by atoms with Gasteiger partial charge in [0.1, 0.15) is 6.29 Å². The van der Waals surface area contributed by atoms with Crippen molar-refractivity contribution in [1.82, 2.24) is 0 Å². The zero-order valence-electron chi connectivity index (χ0n) is 9.31. The Balaban J connectivity index is 2.57. The van der Waals surface area contributed by atoms with Crippen LogP contribution in [-0.4, -0.2) is 6.29 Å². The fourth-order valence-electron chi connectivity index (χ4n) is 2.17. The summed E-state index contributed by atoms with van der Waals surface area (Å²) >= 11 is 0. The number of carbonyl (C=O) groups excluding carboxylic acids is 1. The number of terminal acetylenes is 1. The maximum absolute atomic E-state index is 11.1. The quantitative estimate of drug-likeness (QED) is 0.496. The van der Waals surface area contributed by atoms with Crippen LogP contribution >= 0.6 is 0 Å². The van der Waals surface area contributed by atoms with Crippen LogP contribution in [0.4, 0.5) is 0 Å². The van der Waals surface area contributed by atoms with Crippen molar-refractivity contribution in [3.05, 3.63) is 0 Å². The lowest BCUT2D eigenvalue weighted by Gasteiger charge is -2.40. The van der Waals surface area contributed by atoms with E-state index in [1.54, 1.807) is 0 Å². The normalized spacial score (nSPS) is 23.8. The van der Waals surface area contributed by atoms with E-state index in [-0.39, 0.29) is 5.41 Å². The monoisotopic (exact) mass is 192 g/mol. The van der Waals surface area contributed by atoms with Gasteiger partial charge in [0.2, 0.25) is 0 Å². The molecule has 1 fully saturated rings. The Kier molecular flexibility index (Phi) is 3.37. The highest BCUT2D eigenvalue weighted by Crippen LogP contribution is 2.46. The summed E-state index contributed by atoms with van der Waals surface area (Å²) in [6.07, 6.45) is 12.3. The highest BCUT2D eigenvalue weighted by Gasteiger charge is 2.37. The molecule has 0 radical (unpaired) electrons. The molecule has 0 spiro atoms. The van der Waals surface area contributed by atoms with Crippen molar-refractivity contribution in [1.29, 1.82) is 0 Å². The lowest BCUT2D eigenvalue weighted by atomic mass is 9.64. The SMILES string of the molecule is C#CCCC1(C=O)CCC(C)(C)CC1. The number of hydrogen-bond acceptors (Lipinski definition) is 1. The molecule has 1 saturated carbocycles. The Morgan fingerprint density at radius 1 is 1.29 bits per heavy atom. The molecule has 0 aliphatic heterocycles. The van der Waals surface area contributed by atoms with Gasteiger partial charge in [-0.2, -0.15) is 0 Å². The van der Waals surface area contributed by atoms with Crippen molar-refractivity contribution in [2.75, 3.05) is 0 Å². The Hall–Kier alpha value is -0.770. The minimum absolute atomic E-state index is 0.0953. The number of aldehydes is 1. The van der Waals surface area contributed by atoms with E-state index in [4.69, 9.17) is 6.42 Å². The van der Waals surface area contributed by atoms with Gasteiger partial charge in [-0.3, -0.25) is 0 Å². The first-order valence-electron chi connectivity index (χ1n) is 5.43. The van der Waals surface area contributed by atoms with Crippen LogP contribution in [0.1, 0.15) is 52.4 Å². The number of carbonyl (C=O) groups is 1. The van der Waals surface area contributed by atoms with Crippen LogP contribution < -0.4 is 0 Å². The predicted octanol–water partition coefficient (Wildman–Crippen LogP) is 3.19. The molecule has 0 unspecified atom stereocenters. The van der Waals surface area contributed by atoms with Gasteiger partial charge >= 0.3 is 0 Å². The lowest BCUT2D eigenvalue weighted by molar-refractivity contribution is -0.119. The summed E-state index contributed by atoms with van der Waals surface area (Å²) in [4.78, 5) is 11.1. The Morgan fingerprint density at radius 2 is 1.86 bits per heavy atom. The van der Waals surface area contributed by atoms with E-state index in [9.17, 15) is 4.79 Å². The third-order valence-electron chi connectivity index (χ3n) is 3.62. The van der Waals surface area contributed by atoms with Crippen molar-refractivity contribution in [3.8, 4) is 12.3 Å². The summed E-state index contributed by atoms with van der Waals surface area (Å²) in [6.45, 7) is 4.56. The van der Waals surface area contributed by atoms with Gasteiger partial charge in [0.15, 0.2) is 0 Å². The number of hydrogen-bond donors (Lipinski definition) is 0. The van der Waals surface area contributed by atoms with E-state index in [1.165, 1.54) is 0 Å². The smallest absolute Gasteiger partial charge is 0.126 e. The first kappa shape index (κ1) is 11.3. The molecule has 0 amide bonds. The van der Waals surface area contributed by atoms with Crippen LogP contribution in [0.5, 0.6) is 0 Å². The summed E-state index contributed by atoms with van der Waals surface area (Å²) in [7, 11) is 0. The van der Waals surface area contributed by atoms with E-state index in [1.807, 2.05) is 0 Å². The van der Waals surface area contributed by atoms with E-state index in [0.29, 0.717) is 5.41 Å². The van der Waals surface area contributed by atoms with Crippen molar-refractivity contribution >= 4 is 6.29 Å². The fraction of sp³-hybridized carbons (Fsp3) is 0.769. The topological polar surface area (TPSA) is 17.1 Å². The van der Waals surface area contributed by atoms with E-state index in [2.05, 4.69) is 19.8 Å². The largest absolute Gasteiger partial charge is 0.303 e. The Labute approximate surface area is 87.3 Å². The van der Waals surface area contributed by atoms with Gasteiger partial charge in [-0.25, -0.2) is 0 Å². The van der Waals surface area contributed by atoms with Gasteiger partial charge < -0.3 is 4.79 Å². The van der Waals surface area contributed by atoms with Gasteiger partial charge in [0.05, 0.1) is 0 Å². The van der Waals surface area contributed by atoms with Crippen LogP contribution in [0.3, 0.4) is 0 Å². The molecule has 0 bridgehead atoms. The minimum atomic E-state index is -0.0953. The van der Waals surface area contributed by atoms with Crippen molar-refractivity contribution < 1.29 is 4.79 Å². The summed E-state index contributed by atoms with van der Waals surface area (Å²) in [5.41, 5.74) is 0.324. The van der Waals surface area contributed by atoms with E-state index in [0.717, 1.165) is 44.8 Å². The van der Waals surface area contributed by atoms with Crippen molar-refractivity contribution in [2.24, 2.45) is 10.8 Å². The minimum Gasteiger partial charge on any atom is -0.303 e. The highest BCUT2D eigenvalue weighted by molar-refractivity contribution is 5.59. The molecule has 1 heteroatoms. The lowest BCUT2D eigenvalue weighted by Crippen LogP contribution is -2.32. The van der Waals surface area contributed by atoms with Gasteiger partial charge in [0, 0.05) is 11.8 Å². The van der Waals surface area contributed by atoms with Gasteiger partial charge in [-0.05, 0) is 37.5 Å². The molecule has 1 rings (SSSR count). The molecule has 78 valence electrons. The van der Waals surface area contributed by atoms with Gasteiger partial charge in [-0.1, -0.05) is 13.8 Å². The van der Waals surface area contributed by atoms with Gasteiger partial charge in [-0.15, -0.1) is 12.3 Å². The van der Waals surface area contributed by atoms with Crippen LogP contribution in [0.15, 0.2) is 0 Å². The molecule has 1 nitrogen and oxygen atoms in total. The molecule has 0 atom stereocenters. The van der Waals surface area contributed by atoms with Crippen molar-refractivity contribution in [3.63, 3.8) is 0 Å². The summed E-state index contributed by atoms with van der Waals surface area (Å²) in [5.74, 6) is 2.64. The van der Waals surface area contributed by atoms with Crippen LogP contribution in [0.25, 0.3) is 0 Å². The van der Waals surface area contributed by atoms with Gasteiger partial charge in [0.25, 0.3) is 0 Å². The molecular formula is C13H20O. The third-order valence-corrected chi connectivity index (χ3v) is 3.62. The molecule has 0 aromatic carbocycles. The Bertz CT molecular complexity index is 234. The second kappa shape index (κ2) is 4.17. The van der Waals surface area contributed by atoms with Crippen molar-refractivity contribution in [2.45, 2.75) is 52.4 Å². The molecule has 0 heterocycles. The first-order valence-corrected chi connectivity index (χ1v) is 5.43. The van der Waals surface area contributed by atoms with Crippen LogP contribution in [0.2, 0.25) is 0 Å². The second-order valence-electron chi connectivity index (χ2n) is 5.35. The molecule has 0 aromatic rings. The third kappa shape index (κ3) is 2.61. The molecular weight excluding hydrogens is 172 g/mol. The molecule has 0 aromatic heterocycles. The second-order valence-corrected chi connectivity index (χ2v) is 5.35. The highest BCUT2D eigenvalue weighted by atomic mass is 16.1. The Morgan fingerprint density at radius 3 is 2.29 bits per heavy atom. The van der Waals surface area contributed by atoms with E-state index >= 15 is 0 Å². The molecule has 0 N–H and O–H groups in total. The standard InChI is InChI=1S/C13H20O/c1-4-5-6-13(11-14)9-7-12(2,3)8-10-13/h1,11H,5-10H2,2-3H3. The first-order chi connectivity index (χ1) is 6.54. The summed E-state index contributed by atoms with van der Waals surface area (Å²) in [6, 6.07) is 0. The maximum atomic E-state index is 11.1. The molecule has 14 heavy (non-hydrogen) atoms. The summed E-state index contributed by atoms with van der Waals surface area (Å²) in [5, 5.41) is 0.